The fraction of sp³-hybridized carbons (Fsp3) is 0.350. The molecule has 0 saturated carbocycles. The van der Waals surface area contributed by atoms with Gasteiger partial charge < -0.3 is 10.6 Å². The molecule has 3 nitrogen and oxygen atoms in total. The van der Waals surface area contributed by atoms with Gasteiger partial charge in [-0.1, -0.05) is 60.7 Å². The Labute approximate surface area is 138 Å². The average Bonchev–Trinajstić information content (AvgIpc) is 3.13. The zero-order valence-corrected chi connectivity index (χ0v) is 13.4. The topological polar surface area (TPSA) is 41.1 Å². The van der Waals surface area contributed by atoms with E-state index in [4.69, 9.17) is 0 Å². The second kappa shape index (κ2) is 7.93. The van der Waals surface area contributed by atoms with Crippen molar-refractivity contribution in [3.05, 3.63) is 71.8 Å². The number of hydrogen-bond acceptors (Lipinski definition) is 2. The largest absolute Gasteiger partial charge is 0.355 e. The van der Waals surface area contributed by atoms with Gasteiger partial charge in [-0.15, -0.1) is 0 Å². The molecule has 23 heavy (non-hydrogen) atoms. The van der Waals surface area contributed by atoms with Crippen LogP contribution in [-0.4, -0.2) is 25.0 Å². The van der Waals surface area contributed by atoms with Crippen LogP contribution in [0.3, 0.4) is 0 Å². The first-order valence-electron chi connectivity index (χ1n) is 8.43. The van der Waals surface area contributed by atoms with Gasteiger partial charge in [-0.3, -0.25) is 4.79 Å². The number of amides is 1. The summed E-state index contributed by atoms with van der Waals surface area (Å²) in [5.74, 6) is 0.227. The highest BCUT2D eigenvalue weighted by Crippen LogP contribution is 2.27. The van der Waals surface area contributed by atoms with Gasteiger partial charge in [0, 0.05) is 24.9 Å². The van der Waals surface area contributed by atoms with E-state index in [0.29, 0.717) is 12.5 Å². The van der Waals surface area contributed by atoms with Crippen LogP contribution in [0.2, 0.25) is 0 Å². The highest BCUT2D eigenvalue weighted by Gasteiger charge is 2.19. The SMILES string of the molecule is O=C(CC(c1ccccc1)c1ccccc1)NCC1CCCN1. The second-order valence-electron chi connectivity index (χ2n) is 6.18. The molecule has 2 N–H and O–H groups in total. The molecule has 2 aromatic rings. The number of carbonyl (C=O) groups is 1. The number of carbonyl (C=O) groups excluding carboxylic acids is 1. The number of rotatable bonds is 6. The van der Waals surface area contributed by atoms with Gasteiger partial charge in [-0.05, 0) is 30.5 Å². The molecule has 0 spiro atoms. The van der Waals surface area contributed by atoms with Crippen molar-refractivity contribution < 1.29 is 4.79 Å². The molecule has 0 aromatic heterocycles. The molecule has 0 bridgehead atoms. The van der Waals surface area contributed by atoms with Crippen LogP contribution in [0.1, 0.15) is 36.3 Å². The van der Waals surface area contributed by atoms with E-state index >= 15 is 0 Å². The van der Waals surface area contributed by atoms with Crippen LogP contribution in [0.4, 0.5) is 0 Å². The van der Waals surface area contributed by atoms with Crippen LogP contribution in [-0.2, 0) is 4.79 Å². The number of benzene rings is 2. The summed E-state index contributed by atoms with van der Waals surface area (Å²) in [7, 11) is 0. The lowest BCUT2D eigenvalue weighted by atomic mass is 9.88. The highest BCUT2D eigenvalue weighted by atomic mass is 16.1. The molecule has 1 aliphatic rings. The zero-order valence-electron chi connectivity index (χ0n) is 13.4. The van der Waals surface area contributed by atoms with E-state index in [1.807, 2.05) is 36.4 Å². The van der Waals surface area contributed by atoms with E-state index in [1.165, 1.54) is 17.5 Å². The first kappa shape index (κ1) is 15.8. The summed E-state index contributed by atoms with van der Waals surface area (Å²) in [5, 5.41) is 6.51. The van der Waals surface area contributed by atoms with E-state index in [0.717, 1.165) is 19.5 Å². The Kier molecular flexibility index (Phi) is 5.43. The lowest BCUT2D eigenvalue weighted by Gasteiger charge is -2.19. The highest BCUT2D eigenvalue weighted by molar-refractivity contribution is 5.77. The summed E-state index contributed by atoms with van der Waals surface area (Å²) in [4.78, 5) is 12.4. The lowest BCUT2D eigenvalue weighted by molar-refractivity contribution is -0.121. The van der Waals surface area contributed by atoms with Crippen molar-refractivity contribution in [2.24, 2.45) is 0 Å². The first-order valence-corrected chi connectivity index (χ1v) is 8.43. The molecule has 1 saturated heterocycles. The molecule has 1 fully saturated rings. The predicted octanol–water partition coefficient (Wildman–Crippen LogP) is 3.08. The molecule has 3 heteroatoms. The van der Waals surface area contributed by atoms with Crippen LogP contribution in [0.15, 0.2) is 60.7 Å². The van der Waals surface area contributed by atoms with Crippen molar-refractivity contribution in [2.45, 2.75) is 31.2 Å². The summed E-state index contributed by atoms with van der Waals surface area (Å²) in [6.07, 6.45) is 2.85. The molecular weight excluding hydrogens is 284 g/mol. The van der Waals surface area contributed by atoms with Crippen molar-refractivity contribution in [3.8, 4) is 0 Å². The summed E-state index contributed by atoms with van der Waals surface area (Å²) < 4.78 is 0. The zero-order chi connectivity index (χ0) is 15.9. The Morgan fingerprint density at radius 2 is 1.65 bits per heavy atom. The molecule has 1 unspecified atom stereocenters. The first-order chi connectivity index (χ1) is 11.3. The van der Waals surface area contributed by atoms with Gasteiger partial charge in [0.15, 0.2) is 0 Å². The maximum atomic E-state index is 12.4. The van der Waals surface area contributed by atoms with Crippen LogP contribution in [0, 0.1) is 0 Å². The second-order valence-corrected chi connectivity index (χ2v) is 6.18. The molecule has 0 aliphatic carbocycles. The Morgan fingerprint density at radius 1 is 1.04 bits per heavy atom. The van der Waals surface area contributed by atoms with Gasteiger partial charge in [0.25, 0.3) is 0 Å². The third-order valence-corrected chi connectivity index (χ3v) is 4.50. The number of hydrogen-bond donors (Lipinski definition) is 2. The molecule has 1 amide bonds. The summed E-state index contributed by atoms with van der Waals surface area (Å²) in [6.45, 7) is 1.80. The van der Waals surface area contributed by atoms with E-state index in [9.17, 15) is 4.79 Å². The molecule has 120 valence electrons. The van der Waals surface area contributed by atoms with Gasteiger partial charge in [0.2, 0.25) is 5.91 Å². The van der Waals surface area contributed by atoms with Crippen molar-refractivity contribution >= 4 is 5.91 Å². The fourth-order valence-electron chi connectivity index (χ4n) is 3.22. The monoisotopic (exact) mass is 308 g/mol. The van der Waals surface area contributed by atoms with Gasteiger partial charge in [-0.25, -0.2) is 0 Å². The van der Waals surface area contributed by atoms with Crippen LogP contribution < -0.4 is 10.6 Å². The summed E-state index contributed by atoms with van der Waals surface area (Å²) in [5.41, 5.74) is 2.38. The van der Waals surface area contributed by atoms with Crippen molar-refractivity contribution in [1.29, 1.82) is 0 Å². The maximum Gasteiger partial charge on any atom is 0.221 e. The normalized spacial score (nSPS) is 17.3. The molecular formula is C20H24N2O. The predicted molar refractivity (Wildman–Crippen MR) is 93.4 cm³/mol. The van der Waals surface area contributed by atoms with E-state index in [-0.39, 0.29) is 11.8 Å². The van der Waals surface area contributed by atoms with Crippen LogP contribution in [0.25, 0.3) is 0 Å². The lowest BCUT2D eigenvalue weighted by Crippen LogP contribution is -2.37. The minimum absolute atomic E-state index is 0.105. The molecule has 1 aliphatic heterocycles. The Balaban J connectivity index is 1.67. The minimum atomic E-state index is 0.105. The van der Waals surface area contributed by atoms with Gasteiger partial charge in [-0.2, -0.15) is 0 Å². The molecule has 0 radical (unpaired) electrons. The van der Waals surface area contributed by atoms with Crippen molar-refractivity contribution in [1.82, 2.24) is 10.6 Å². The van der Waals surface area contributed by atoms with E-state index in [2.05, 4.69) is 34.9 Å². The van der Waals surface area contributed by atoms with Gasteiger partial charge in [0.1, 0.15) is 0 Å². The average molecular weight is 308 g/mol. The van der Waals surface area contributed by atoms with Crippen molar-refractivity contribution in [2.75, 3.05) is 13.1 Å². The smallest absolute Gasteiger partial charge is 0.221 e. The standard InChI is InChI=1S/C20H24N2O/c23-20(22-15-18-12-7-13-21-18)14-19(16-8-3-1-4-9-16)17-10-5-2-6-11-17/h1-6,8-11,18-19,21H,7,12-15H2,(H,22,23). The molecule has 3 rings (SSSR count). The maximum absolute atomic E-state index is 12.4. The Bertz CT molecular complexity index is 567. The molecule has 1 atom stereocenters. The third kappa shape index (κ3) is 4.42. The van der Waals surface area contributed by atoms with Crippen LogP contribution in [0.5, 0.6) is 0 Å². The van der Waals surface area contributed by atoms with E-state index in [1.54, 1.807) is 0 Å². The number of nitrogens with one attached hydrogen (secondary N) is 2. The summed E-state index contributed by atoms with van der Waals surface area (Å²) >= 11 is 0. The van der Waals surface area contributed by atoms with E-state index < -0.39 is 0 Å². The Hall–Kier alpha value is -2.13. The Morgan fingerprint density at radius 3 is 2.17 bits per heavy atom. The van der Waals surface area contributed by atoms with Gasteiger partial charge in [0.05, 0.1) is 0 Å². The van der Waals surface area contributed by atoms with Crippen LogP contribution >= 0.6 is 0 Å². The molecule has 1 heterocycles. The third-order valence-electron chi connectivity index (χ3n) is 4.50. The summed E-state index contributed by atoms with van der Waals surface area (Å²) in [6, 6.07) is 21.0. The fourth-order valence-corrected chi connectivity index (χ4v) is 3.22. The minimum Gasteiger partial charge on any atom is -0.355 e. The molecule has 2 aromatic carbocycles. The van der Waals surface area contributed by atoms with Crippen molar-refractivity contribution in [3.63, 3.8) is 0 Å². The quantitative estimate of drug-likeness (QED) is 0.861. The van der Waals surface area contributed by atoms with Gasteiger partial charge >= 0.3 is 0 Å².